The van der Waals surface area contributed by atoms with Crippen molar-refractivity contribution >= 4 is 0 Å². The molecule has 2 nitrogen and oxygen atoms in total. The molecule has 0 aromatic rings. The molecule has 2 N–H and O–H groups in total. The maximum atomic E-state index is 6.18. The summed E-state index contributed by atoms with van der Waals surface area (Å²) in [4.78, 5) is 0. The van der Waals surface area contributed by atoms with Crippen LogP contribution in [0.2, 0.25) is 0 Å². The van der Waals surface area contributed by atoms with Gasteiger partial charge in [-0.05, 0) is 30.6 Å². The van der Waals surface area contributed by atoms with Crippen molar-refractivity contribution in [1.29, 1.82) is 0 Å². The van der Waals surface area contributed by atoms with E-state index in [0.717, 1.165) is 32.5 Å². The molecule has 78 valence electrons. The van der Waals surface area contributed by atoms with E-state index < -0.39 is 0 Å². The molecule has 1 aliphatic heterocycles. The van der Waals surface area contributed by atoms with Crippen LogP contribution in [0.1, 0.15) is 40.0 Å². The highest BCUT2D eigenvalue weighted by Gasteiger charge is 2.24. The largest absolute Gasteiger partial charge is 0.381 e. The Hall–Kier alpha value is -0.0800. The van der Waals surface area contributed by atoms with Crippen LogP contribution < -0.4 is 5.73 Å². The molecule has 0 aliphatic carbocycles. The molecule has 2 heteroatoms. The summed E-state index contributed by atoms with van der Waals surface area (Å²) < 4.78 is 5.32. The van der Waals surface area contributed by atoms with Crippen molar-refractivity contribution in [2.75, 3.05) is 13.2 Å². The van der Waals surface area contributed by atoms with Gasteiger partial charge in [-0.15, -0.1) is 0 Å². The second-order valence-corrected chi connectivity index (χ2v) is 5.38. The van der Waals surface area contributed by atoms with Crippen LogP contribution in [0.25, 0.3) is 0 Å². The zero-order valence-electron chi connectivity index (χ0n) is 9.18. The summed E-state index contributed by atoms with van der Waals surface area (Å²) in [5.74, 6) is 0.688. The summed E-state index contributed by atoms with van der Waals surface area (Å²) in [6.45, 7) is 8.58. The molecule has 1 heterocycles. The Bertz CT molecular complexity index is 145. The van der Waals surface area contributed by atoms with E-state index in [1.807, 2.05) is 0 Å². The first-order valence-electron chi connectivity index (χ1n) is 5.32. The first-order chi connectivity index (χ1) is 5.99. The predicted molar refractivity (Wildman–Crippen MR) is 55.6 cm³/mol. The molecule has 0 bridgehead atoms. The Morgan fingerprint density at radius 2 is 1.85 bits per heavy atom. The summed E-state index contributed by atoms with van der Waals surface area (Å²) in [7, 11) is 0. The lowest BCUT2D eigenvalue weighted by molar-refractivity contribution is 0.0534. The van der Waals surface area contributed by atoms with Crippen LogP contribution in [-0.4, -0.2) is 19.3 Å². The molecule has 1 unspecified atom stereocenters. The highest BCUT2D eigenvalue weighted by atomic mass is 16.5. The molecule has 1 fully saturated rings. The van der Waals surface area contributed by atoms with E-state index in [0.29, 0.717) is 17.4 Å². The van der Waals surface area contributed by atoms with Crippen LogP contribution in [0.3, 0.4) is 0 Å². The van der Waals surface area contributed by atoms with Gasteiger partial charge in [0, 0.05) is 19.3 Å². The molecule has 1 aliphatic rings. The minimum Gasteiger partial charge on any atom is -0.381 e. The Labute approximate surface area is 81.8 Å². The van der Waals surface area contributed by atoms with Gasteiger partial charge in [0.15, 0.2) is 0 Å². The SMILES string of the molecule is CC(C)(C)CC(N)C1CCOCC1. The average molecular weight is 185 g/mol. The molecule has 0 radical (unpaired) electrons. The van der Waals surface area contributed by atoms with Crippen molar-refractivity contribution in [2.24, 2.45) is 17.1 Å². The summed E-state index contributed by atoms with van der Waals surface area (Å²) in [6, 6.07) is 0.365. The van der Waals surface area contributed by atoms with Crippen LogP contribution in [0, 0.1) is 11.3 Å². The average Bonchev–Trinajstić information content (AvgIpc) is 2.03. The van der Waals surface area contributed by atoms with E-state index >= 15 is 0 Å². The van der Waals surface area contributed by atoms with Crippen molar-refractivity contribution in [3.8, 4) is 0 Å². The van der Waals surface area contributed by atoms with Crippen molar-refractivity contribution < 1.29 is 4.74 Å². The van der Waals surface area contributed by atoms with Gasteiger partial charge in [0.25, 0.3) is 0 Å². The number of hydrogen-bond donors (Lipinski definition) is 1. The van der Waals surface area contributed by atoms with Gasteiger partial charge in [-0.25, -0.2) is 0 Å². The second-order valence-electron chi connectivity index (χ2n) is 5.38. The quantitative estimate of drug-likeness (QED) is 0.715. The monoisotopic (exact) mass is 185 g/mol. The molecule has 1 atom stereocenters. The Morgan fingerprint density at radius 1 is 1.31 bits per heavy atom. The Morgan fingerprint density at radius 3 is 2.31 bits per heavy atom. The number of rotatable bonds is 2. The van der Waals surface area contributed by atoms with Gasteiger partial charge >= 0.3 is 0 Å². The summed E-state index contributed by atoms with van der Waals surface area (Å²) in [6.07, 6.45) is 3.42. The highest BCUT2D eigenvalue weighted by Crippen LogP contribution is 2.27. The molecule has 1 rings (SSSR count). The van der Waals surface area contributed by atoms with Crippen LogP contribution in [-0.2, 0) is 4.74 Å². The van der Waals surface area contributed by atoms with E-state index in [2.05, 4.69) is 20.8 Å². The van der Waals surface area contributed by atoms with Crippen LogP contribution in [0.4, 0.5) is 0 Å². The maximum absolute atomic E-state index is 6.18. The fourth-order valence-electron chi connectivity index (χ4n) is 2.02. The minimum absolute atomic E-state index is 0.359. The van der Waals surface area contributed by atoms with Gasteiger partial charge in [-0.3, -0.25) is 0 Å². The summed E-state index contributed by atoms with van der Waals surface area (Å²) in [5.41, 5.74) is 6.54. The summed E-state index contributed by atoms with van der Waals surface area (Å²) >= 11 is 0. The third-order valence-electron chi connectivity index (χ3n) is 2.72. The first kappa shape index (κ1) is 11.0. The van der Waals surface area contributed by atoms with Crippen LogP contribution in [0.5, 0.6) is 0 Å². The lowest BCUT2D eigenvalue weighted by atomic mass is 9.81. The second kappa shape index (κ2) is 4.43. The third-order valence-corrected chi connectivity index (χ3v) is 2.72. The fraction of sp³-hybridized carbons (Fsp3) is 1.00. The van der Waals surface area contributed by atoms with Crippen molar-refractivity contribution in [3.05, 3.63) is 0 Å². The molecule has 13 heavy (non-hydrogen) atoms. The molecule has 0 spiro atoms. The Kier molecular flexibility index (Phi) is 3.74. The predicted octanol–water partition coefficient (Wildman–Crippen LogP) is 2.18. The lowest BCUT2D eigenvalue weighted by Crippen LogP contribution is -2.37. The van der Waals surface area contributed by atoms with E-state index in [9.17, 15) is 0 Å². The van der Waals surface area contributed by atoms with E-state index in [4.69, 9.17) is 10.5 Å². The molecule has 0 amide bonds. The third kappa shape index (κ3) is 4.10. The zero-order chi connectivity index (χ0) is 9.90. The van der Waals surface area contributed by atoms with Gasteiger partial charge in [-0.1, -0.05) is 20.8 Å². The highest BCUT2D eigenvalue weighted by molar-refractivity contribution is 4.79. The van der Waals surface area contributed by atoms with Crippen molar-refractivity contribution in [2.45, 2.75) is 46.1 Å². The van der Waals surface area contributed by atoms with Gasteiger partial charge in [-0.2, -0.15) is 0 Å². The topological polar surface area (TPSA) is 35.2 Å². The maximum Gasteiger partial charge on any atom is 0.0469 e. The van der Waals surface area contributed by atoms with Crippen molar-refractivity contribution in [1.82, 2.24) is 0 Å². The number of ether oxygens (including phenoxy) is 1. The van der Waals surface area contributed by atoms with Gasteiger partial charge in [0.2, 0.25) is 0 Å². The number of nitrogens with two attached hydrogens (primary N) is 1. The van der Waals surface area contributed by atoms with Crippen molar-refractivity contribution in [3.63, 3.8) is 0 Å². The molecule has 0 saturated carbocycles. The smallest absolute Gasteiger partial charge is 0.0469 e. The zero-order valence-corrected chi connectivity index (χ0v) is 9.18. The van der Waals surface area contributed by atoms with Crippen LogP contribution >= 0.6 is 0 Å². The number of hydrogen-bond acceptors (Lipinski definition) is 2. The lowest BCUT2D eigenvalue weighted by Gasteiger charge is -2.31. The van der Waals surface area contributed by atoms with Gasteiger partial charge in [0.1, 0.15) is 0 Å². The molecule has 1 saturated heterocycles. The van der Waals surface area contributed by atoms with E-state index in [1.54, 1.807) is 0 Å². The van der Waals surface area contributed by atoms with Gasteiger partial charge in [0.05, 0.1) is 0 Å². The normalized spacial score (nSPS) is 23.1. The fourth-order valence-corrected chi connectivity index (χ4v) is 2.02. The molecule has 0 aromatic heterocycles. The van der Waals surface area contributed by atoms with E-state index in [1.165, 1.54) is 0 Å². The van der Waals surface area contributed by atoms with Gasteiger partial charge < -0.3 is 10.5 Å². The van der Waals surface area contributed by atoms with E-state index in [-0.39, 0.29) is 0 Å². The summed E-state index contributed by atoms with van der Waals surface area (Å²) in [5, 5.41) is 0. The molecule has 0 aromatic carbocycles. The minimum atomic E-state index is 0.359. The standard InChI is InChI=1S/C11H23NO/c1-11(2,3)8-10(12)9-4-6-13-7-5-9/h9-10H,4-8,12H2,1-3H3. The molecular weight excluding hydrogens is 162 g/mol. The molecular formula is C11H23NO. The van der Waals surface area contributed by atoms with Crippen LogP contribution in [0.15, 0.2) is 0 Å². The Balaban J connectivity index is 2.33. The first-order valence-corrected chi connectivity index (χ1v) is 5.32.